The lowest BCUT2D eigenvalue weighted by Crippen LogP contribution is -2.35. The number of benzene rings is 2. The first-order valence-electron chi connectivity index (χ1n) is 7.20. The first-order valence-corrected chi connectivity index (χ1v) is 7.20. The SMILES string of the molecule is CN(CC(=O)c1ccccc1)C(=O)[C@@H]1O[C@@H]1c1ccccc1. The molecular formula is C18H17NO3. The van der Waals surface area contributed by atoms with Crippen molar-refractivity contribution in [2.75, 3.05) is 13.6 Å². The third-order valence-corrected chi connectivity index (χ3v) is 3.72. The third kappa shape index (κ3) is 3.07. The minimum Gasteiger partial charge on any atom is -0.354 e. The average molecular weight is 295 g/mol. The Morgan fingerprint density at radius 3 is 2.23 bits per heavy atom. The Morgan fingerprint density at radius 1 is 1.00 bits per heavy atom. The van der Waals surface area contributed by atoms with Crippen LogP contribution in [0.5, 0.6) is 0 Å². The van der Waals surface area contributed by atoms with Crippen LogP contribution in [0.4, 0.5) is 0 Å². The maximum Gasteiger partial charge on any atom is 0.254 e. The minimum atomic E-state index is -0.476. The van der Waals surface area contributed by atoms with E-state index in [1.165, 1.54) is 4.90 Å². The maximum atomic E-state index is 12.3. The Morgan fingerprint density at radius 2 is 1.59 bits per heavy atom. The Labute approximate surface area is 129 Å². The summed E-state index contributed by atoms with van der Waals surface area (Å²) in [4.78, 5) is 25.9. The van der Waals surface area contributed by atoms with Crippen LogP contribution in [0.3, 0.4) is 0 Å². The summed E-state index contributed by atoms with van der Waals surface area (Å²) in [5, 5.41) is 0. The van der Waals surface area contributed by atoms with E-state index in [-0.39, 0.29) is 24.3 Å². The van der Waals surface area contributed by atoms with Gasteiger partial charge in [0.15, 0.2) is 11.9 Å². The predicted octanol–water partition coefficient (Wildman–Crippen LogP) is 2.47. The van der Waals surface area contributed by atoms with Crippen molar-refractivity contribution in [1.29, 1.82) is 0 Å². The number of ketones is 1. The Kier molecular flexibility index (Phi) is 4.02. The van der Waals surface area contributed by atoms with E-state index in [4.69, 9.17) is 4.74 Å². The van der Waals surface area contributed by atoms with Gasteiger partial charge in [-0.2, -0.15) is 0 Å². The zero-order valence-electron chi connectivity index (χ0n) is 12.3. The molecule has 1 heterocycles. The molecule has 1 amide bonds. The Bertz CT molecular complexity index is 669. The summed E-state index contributed by atoms with van der Waals surface area (Å²) in [6, 6.07) is 18.6. The molecular weight excluding hydrogens is 278 g/mol. The summed E-state index contributed by atoms with van der Waals surface area (Å²) < 4.78 is 5.47. The van der Waals surface area contributed by atoms with Crippen LogP contribution < -0.4 is 0 Å². The van der Waals surface area contributed by atoms with Crippen LogP contribution in [-0.4, -0.2) is 36.3 Å². The molecule has 1 aliphatic rings. The molecule has 2 aromatic carbocycles. The molecule has 2 atom stereocenters. The molecule has 3 rings (SSSR count). The van der Waals surface area contributed by atoms with Gasteiger partial charge in [0.25, 0.3) is 5.91 Å². The number of likely N-dealkylation sites (N-methyl/N-ethyl adjacent to an activating group) is 1. The predicted molar refractivity (Wildman–Crippen MR) is 82.5 cm³/mol. The van der Waals surface area contributed by atoms with Crippen molar-refractivity contribution in [3.8, 4) is 0 Å². The third-order valence-electron chi connectivity index (χ3n) is 3.72. The van der Waals surface area contributed by atoms with Gasteiger partial charge in [0.05, 0.1) is 6.54 Å². The van der Waals surface area contributed by atoms with E-state index in [2.05, 4.69) is 0 Å². The lowest BCUT2D eigenvalue weighted by Gasteiger charge is -2.15. The molecule has 0 bridgehead atoms. The number of carbonyl (C=O) groups excluding carboxylic acids is 2. The number of epoxide rings is 1. The molecule has 0 N–H and O–H groups in total. The number of hydrogen-bond acceptors (Lipinski definition) is 3. The fourth-order valence-corrected chi connectivity index (χ4v) is 2.42. The lowest BCUT2D eigenvalue weighted by molar-refractivity contribution is -0.130. The van der Waals surface area contributed by atoms with Crippen molar-refractivity contribution in [3.63, 3.8) is 0 Å². The van der Waals surface area contributed by atoms with Crippen LogP contribution in [0.15, 0.2) is 60.7 Å². The molecule has 4 heteroatoms. The van der Waals surface area contributed by atoms with Gasteiger partial charge in [-0.15, -0.1) is 0 Å². The van der Waals surface area contributed by atoms with Gasteiger partial charge in [0, 0.05) is 12.6 Å². The fourth-order valence-electron chi connectivity index (χ4n) is 2.42. The number of amides is 1. The second-order valence-corrected chi connectivity index (χ2v) is 5.37. The number of nitrogens with zero attached hydrogens (tertiary/aromatic N) is 1. The second-order valence-electron chi connectivity index (χ2n) is 5.37. The molecule has 1 aliphatic heterocycles. The minimum absolute atomic E-state index is 0.0597. The highest BCUT2D eigenvalue weighted by Crippen LogP contribution is 2.39. The van der Waals surface area contributed by atoms with E-state index in [0.717, 1.165) is 5.56 Å². The van der Waals surface area contributed by atoms with Gasteiger partial charge in [-0.05, 0) is 5.56 Å². The Balaban J connectivity index is 1.58. The quantitative estimate of drug-likeness (QED) is 0.629. The van der Waals surface area contributed by atoms with Crippen molar-refractivity contribution in [2.45, 2.75) is 12.2 Å². The highest BCUT2D eigenvalue weighted by atomic mass is 16.6. The van der Waals surface area contributed by atoms with Crippen molar-refractivity contribution >= 4 is 11.7 Å². The molecule has 112 valence electrons. The first-order chi connectivity index (χ1) is 10.7. The van der Waals surface area contributed by atoms with E-state index < -0.39 is 6.10 Å². The number of hydrogen-bond donors (Lipinski definition) is 0. The molecule has 0 aromatic heterocycles. The van der Waals surface area contributed by atoms with Gasteiger partial charge >= 0.3 is 0 Å². The van der Waals surface area contributed by atoms with E-state index >= 15 is 0 Å². The molecule has 0 unspecified atom stereocenters. The monoisotopic (exact) mass is 295 g/mol. The second kappa shape index (κ2) is 6.12. The highest BCUT2D eigenvalue weighted by Gasteiger charge is 2.47. The summed E-state index contributed by atoms with van der Waals surface area (Å²) in [5.74, 6) is -0.230. The van der Waals surface area contributed by atoms with Crippen LogP contribution in [-0.2, 0) is 9.53 Å². The van der Waals surface area contributed by atoms with Gasteiger partial charge < -0.3 is 9.64 Å². The smallest absolute Gasteiger partial charge is 0.254 e. The van der Waals surface area contributed by atoms with Gasteiger partial charge in [-0.25, -0.2) is 0 Å². The summed E-state index contributed by atoms with van der Waals surface area (Å²) in [7, 11) is 1.63. The summed E-state index contributed by atoms with van der Waals surface area (Å²) in [6.07, 6.45) is -0.668. The Hall–Kier alpha value is -2.46. The van der Waals surface area contributed by atoms with E-state index in [9.17, 15) is 9.59 Å². The van der Waals surface area contributed by atoms with Crippen LogP contribution >= 0.6 is 0 Å². The van der Waals surface area contributed by atoms with E-state index in [0.29, 0.717) is 5.56 Å². The largest absolute Gasteiger partial charge is 0.354 e. The topological polar surface area (TPSA) is 49.9 Å². The molecule has 0 saturated carbocycles. The molecule has 22 heavy (non-hydrogen) atoms. The van der Waals surface area contributed by atoms with Crippen LogP contribution in [0.25, 0.3) is 0 Å². The zero-order chi connectivity index (χ0) is 15.5. The average Bonchev–Trinajstić information content (AvgIpc) is 3.36. The molecule has 1 saturated heterocycles. The van der Waals surface area contributed by atoms with Crippen LogP contribution in [0, 0.1) is 0 Å². The lowest BCUT2D eigenvalue weighted by atomic mass is 10.1. The summed E-state index contributed by atoms with van der Waals surface area (Å²) in [5.41, 5.74) is 1.60. The van der Waals surface area contributed by atoms with Gasteiger partial charge in [-0.3, -0.25) is 9.59 Å². The molecule has 4 nitrogen and oxygen atoms in total. The molecule has 0 aliphatic carbocycles. The van der Waals surface area contributed by atoms with E-state index in [1.807, 2.05) is 48.5 Å². The standard InChI is InChI=1S/C18H17NO3/c1-19(12-15(20)13-8-4-2-5-9-13)18(21)17-16(22-17)14-10-6-3-7-11-14/h2-11,16-17H,12H2,1H3/t16-,17-/m1/s1. The first kappa shape index (κ1) is 14.5. The number of rotatable bonds is 5. The molecule has 0 radical (unpaired) electrons. The summed E-state index contributed by atoms with van der Waals surface area (Å²) >= 11 is 0. The van der Waals surface area contributed by atoms with Crippen molar-refractivity contribution in [1.82, 2.24) is 4.90 Å². The molecule has 0 spiro atoms. The highest BCUT2D eigenvalue weighted by molar-refractivity contribution is 5.99. The van der Waals surface area contributed by atoms with Crippen LogP contribution in [0.1, 0.15) is 22.0 Å². The van der Waals surface area contributed by atoms with Crippen molar-refractivity contribution in [3.05, 3.63) is 71.8 Å². The number of carbonyl (C=O) groups is 2. The maximum absolute atomic E-state index is 12.3. The normalized spacial score (nSPS) is 19.5. The van der Waals surface area contributed by atoms with E-state index in [1.54, 1.807) is 19.2 Å². The van der Waals surface area contributed by atoms with Gasteiger partial charge in [0.1, 0.15) is 6.10 Å². The molecule has 1 fully saturated rings. The number of ether oxygens (including phenoxy) is 1. The molecule has 2 aromatic rings. The van der Waals surface area contributed by atoms with Gasteiger partial charge in [-0.1, -0.05) is 60.7 Å². The van der Waals surface area contributed by atoms with Crippen molar-refractivity contribution < 1.29 is 14.3 Å². The fraction of sp³-hybridized carbons (Fsp3) is 0.222. The zero-order valence-corrected chi connectivity index (χ0v) is 12.3. The van der Waals surface area contributed by atoms with Gasteiger partial charge in [0.2, 0.25) is 0 Å². The number of Topliss-reactive ketones (excluding diaryl/α,β-unsaturated/α-hetero) is 1. The summed E-state index contributed by atoms with van der Waals surface area (Å²) in [6.45, 7) is 0.0597. The van der Waals surface area contributed by atoms with Crippen molar-refractivity contribution in [2.24, 2.45) is 0 Å². The van der Waals surface area contributed by atoms with Crippen LogP contribution in [0.2, 0.25) is 0 Å².